The molecule has 0 aromatic rings. The molecule has 0 spiro atoms. The summed E-state index contributed by atoms with van der Waals surface area (Å²) in [5.74, 6) is -2.81. The van der Waals surface area contributed by atoms with Crippen molar-refractivity contribution >= 4 is 35.5 Å². The number of carbonyl (C=O) groups excluding carboxylic acids is 5. The number of rotatable bonds is 6. The average molecular weight is 399 g/mol. The first-order chi connectivity index (χ1) is 13.0. The summed E-state index contributed by atoms with van der Waals surface area (Å²) >= 11 is 0. The lowest BCUT2D eigenvalue weighted by Gasteiger charge is -2.28. The maximum absolute atomic E-state index is 11.3. The Morgan fingerprint density at radius 3 is 1.64 bits per heavy atom. The predicted molar refractivity (Wildman–Crippen MR) is 94.4 cm³/mol. The summed E-state index contributed by atoms with van der Waals surface area (Å²) in [6.45, 7) is -0.182. The molecule has 12 nitrogen and oxygen atoms in total. The first-order valence-corrected chi connectivity index (χ1v) is 8.59. The third-order valence-corrected chi connectivity index (χ3v) is 4.27. The highest BCUT2D eigenvalue weighted by molar-refractivity contribution is 6.01. The van der Waals surface area contributed by atoms with Crippen molar-refractivity contribution in [2.45, 2.75) is 37.8 Å². The maximum Gasteiger partial charge on any atom is 0.317 e. The van der Waals surface area contributed by atoms with Gasteiger partial charge in [-0.25, -0.2) is 0 Å². The normalized spacial score (nSPS) is 22.3. The number of hydrogen-bond donors (Lipinski definition) is 4. The Morgan fingerprint density at radius 2 is 1.32 bits per heavy atom. The van der Waals surface area contributed by atoms with Crippen molar-refractivity contribution < 1.29 is 33.9 Å². The molecule has 28 heavy (non-hydrogen) atoms. The first-order valence-electron chi connectivity index (χ1n) is 8.59. The molecule has 5 amide bonds. The third-order valence-electron chi connectivity index (χ3n) is 4.27. The largest absolute Gasteiger partial charge is 0.480 e. The van der Waals surface area contributed by atoms with Crippen molar-refractivity contribution in [3.05, 3.63) is 0 Å². The number of carboxylic acid groups (broad SMARTS) is 1. The highest BCUT2D eigenvalue weighted by atomic mass is 16.4. The van der Waals surface area contributed by atoms with E-state index in [1.54, 1.807) is 19.0 Å². The molecular formula is C16H25N5O7. The predicted octanol–water partition coefficient (Wildman–Crippen LogP) is -2.98. The second-order valence-electron chi connectivity index (χ2n) is 6.62. The van der Waals surface area contributed by atoms with E-state index in [0.717, 1.165) is 0 Å². The van der Waals surface area contributed by atoms with Gasteiger partial charge in [0, 0.05) is 12.8 Å². The lowest BCUT2D eigenvalue weighted by atomic mass is 10.1. The van der Waals surface area contributed by atoms with Crippen LogP contribution in [0.5, 0.6) is 0 Å². The van der Waals surface area contributed by atoms with Crippen LogP contribution in [0.4, 0.5) is 0 Å². The van der Waals surface area contributed by atoms with Crippen LogP contribution in [0.2, 0.25) is 0 Å². The molecule has 2 rings (SSSR count). The number of aliphatic carboxylic acids is 1. The van der Waals surface area contributed by atoms with E-state index in [1.807, 2.05) is 0 Å². The molecule has 0 aromatic carbocycles. The van der Waals surface area contributed by atoms with Crippen LogP contribution >= 0.6 is 0 Å². The van der Waals surface area contributed by atoms with Crippen LogP contribution in [0, 0.1) is 0 Å². The van der Waals surface area contributed by atoms with Crippen molar-refractivity contribution in [1.29, 1.82) is 0 Å². The molecule has 2 heterocycles. The smallest absolute Gasteiger partial charge is 0.317 e. The Morgan fingerprint density at radius 1 is 0.929 bits per heavy atom. The minimum Gasteiger partial charge on any atom is -0.480 e. The molecule has 2 aliphatic heterocycles. The molecule has 2 atom stereocenters. The number of nitrogens with one attached hydrogen (secondary N) is 2. The van der Waals surface area contributed by atoms with E-state index in [1.165, 1.54) is 4.90 Å². The molecule has 2 saturated heterocycles. The van der Waals surface area contributed by atoms with Gasteiger partial charge in [0.15, 0.2) is 0 Å². The SMILES string of the molecule is CN(CC(=O)O)C1CCC(=O)NC1=O.CN(CC(N)=O)C1CCC(=O)NC1=O. The van der Waals surface area contributed by atoms with Gasteiger partial charge in [-0.2, -0.15) is 0 Å². The van der Waals surface area contributed by atoms with Gasteiger partial charge in [-0.15, -0.1) is 0 Å². The fourth-order valence-corrected chi connectivity index (χ4v) is 2.88. The lowest BCUT2D eigenvalue weighted by molar-refractivity contribution is -0.142. The van der Waals surface area contributed by atoms with Crippen LogP contribution in [0.15, 0.2) is 0 Å². The van der Waals surface area contributed by atoms with Crippen molar-refractivity contribution in [3.8, 4) is 0 Å². The van der Waals surface area contributed by atoms with Crippen molar-refractivity contribution in [2.24, 2.45) is 5.73 Å². The molecule has 12 heteroatoms. The monoisotopic (exact) mass is 399 g/mol. The highest BCUT2D eigenvalue weighted by Crippen LogP contribution is 2.10. The molecule has 0 radical (unpaired) electrons. The Balaban J connectivity index is 0.000000280. The van der Waals surface area contributed by atoms with Crippen LogP contribution in [0.25, 0.3) is 0 Å². The van der Waals surface area contributed by atoms with E-state index >= 15 is 0 Å². The van der Waals surface area contributed by atoms with E-state index in [2.05, 4.69) is 10.6 Å². The number of carbonyl (C=O) groups is 6. The van der Waals surface area contributed by atoms with Gasteiger partial charge in [0.2, 0.25) is 29.5 Å². The summed E-state index contributed by atoms with van der Waals surface area (Å²) in [7, 11) is 3.18. The molecule has 0 saturated carbocycles. The zero-order valence-corrected chi connectivity index (χ0v) is 15.8. The Labute approximate surface area is 161 Å². The third kappa shape index (κ3) is 7.40. The van der Waals surface area contributed by atoms with Gasteiger partial charge < -0.3 is 10.8 Å². The van der Waals surface area contributed by atoms with Gasteiger partial charge in [-0.05, 0) is 26.9 Å². The van der Waals surface area contributed by atoms with Crippen LogP contribution in [-0.4, -0.2) is 89.7 Å². The van der Waals surface area contributed by atoms with Gasteiger partial charge in [-0.1, -0.05) is 0 Å². The van der Waals surface area contributed by atoms with Crippen molar-refractivity contribution in [1.82, 2.24) is 20.4 Å². The van der Waals surface area contributed by atoms with Crippen molar-refractivity contribution in [2.75, 3.05) is 27.2 Å². The van der Waals surface area contributed by atoms with Gasteiger partial charge in [0.25, 0.3) is 0 Å². The summed E-state index contributed by atoms with van der Waals surface area (Å²) in [5, 5.41) is 12.9. The minimum absolute atomic E-state index is 0.0201. The van der Waals surface area contributed by atoms with E-state index < -0.39 is 29.9 Å². The fraction of sp³-hybridized carbons (Fsp3) is 0.625. The number of carboxylic acids is 1. The summed E-state index contributed by atoms with van der Waals surface area (Å²) in [6, 6.07) is -0.941. The number of piperidine rings is 2. The number of likely N-dealkylation sites (N-methyl/N-ethyl adjacent to an activating group) is 2. The Hall–Kier alpha value is -2.86. The van der Waals surface area contributed by atoms with E-state index in [4.69, 9.17) is 10.8 Å². The molecule has 2 fully saturated rings. The second kappa shape index (κ2) is 10.5. The summed E-state index contributed by atoms with van der Waals surface area (Å²) in [4.78, 5) is 68.1. The van der Waals surface area contributed by atoms with Gasteiger partial charge in [-0.3, -0.25) is 49.2 Å². The number of primary amides is 1. The summed E-state index contributed by atoms with van der Waals surface area (Å²) in [6.07, 6.45) is 1.39. The molecule has 0 aliphatic carbocycles. The zero-order chi connectivity index (χ0) is 21.4. The number of nitrogens with zero attached hydrogens (tertiary/aromatic N) is 2. The quantitative estimate of drug-likeness (QED) is 0.339. The van der Waals surface area contributed by atoms with Crippen LogP contribution in [0.1, 0.15) is 25.7 Å². The van der Waals surface area contributed by atoms with Crippen LogP contribution < -0.4 is 16.4 Å². The summed E-state index contributed by atoms with van der Waals surface area (Å²) < 4.78 is 0. The first kappa shape index (κ1) is 23.2. The standard InChI is InChI=1S/C8H13N3O3.C8H12N2O4/c1-11(4-6(9)12)5-2-3-7(13)10-8(5)14;1-10(4-7(12)13)5-2-3-6(11)9-8(5)14/h5H,2-4H2,1H3,(H2,9,12)(H,10,13,14);5H,2-4H2,1H3,(H,12,13)(H,9,11,14). The van der Waals surface area contributed by atoms with E-state index in [-0.39, 0.29) is 37.2 Å². The number of hydrogen-bond acceptors (Lipinski definition) is 8. The maximum atomic E-state index is 11.3. The van der Waals surface area contributed by atoms with E-state index in [0.29, 0.717) is 19.3 Å². The minimum atomic E-state index is -0.989. The molecule has 5 N–H and O–H groups in total. The van der Waals surface area contributed by atoms with Gasteiger partial charge in [0.05, 0.1) is 25.2 Å². The topological polar surface area (TPSA) is 179 Å². The molecule has 2 aliphatic rings. The zero-order valence-electron chi connectivity index (χ0n) is 15.8. The van der Waals surface area contributed by atoms with Crippen LogP contribution in [-0.2, 0) is 28.8 Å². The second-order valence-corrected chi connectivity index (χ2v) is 6.62. The number of nitrogens with two attached hydrogens (primary N) is 1. The molecule has 156 valence electrons. The fourth-order valence-electron chi connectivity index (χ4n) is 2.88. The van der Waals surface area contributed by atoms with Crippen LogP contribution in [0.3, 0.4) is 0 Å². The molecule has 2 unspecified atom stereocenters. The molecule has 0 bridgehead atoms. The molecular weight excluding hydrogens is 374 g/mol. The lowest BCUT2D eigenvalue weighted by Crippen LogP contribution is -2.52. The summed E-state index contributed by atoms with van der Waals surface area (Å²) in [5.41, 5.74) is 4.99. The van der Waals surface area contributed by atoms with Crippen molar-refractivity contribution in [3.63, 3.8) is 0 Å². The molecule has 0 aromatic heterocycles. The average Bonchev–Trinajstić information content (AvgIpc) is 2.53. The Kier molecular flexibility index (Phi) is 8.67. The van der Waals surface area contributed by atoms with E-state index in [9.17, 15) is 28.8 Å². The number of amides is 5. The highest BCUT2D eigenvalue weighted by Gasteiger charge is 2.31. The van der Waals surface area contributed by atoms with Gasteiger partial charge in [0.1, 0.15) is 0 Å². The number of imide groups is 2. The Bertz CT molecular complexity index is 610. The van der Waals surface area contributed by atoms with Gasteiger partial charge >= 0.3 is 5.97 Å².